The number of carboxylic acids is 1. The van der Waals surface area contributed by atoms with Crippen molar-refractivity contribution in [3.05, 3.63) is 59.2 Å². The largest absolute Gasteiger partial charge is 0.507 e. The maximum Gasteiger partial charge on any atom is 0.339 e. The van der Waals surface area contributed by atoms with Crippen LogP contribution in [0, 0.1) is 0 Å². The van der Waals surface area contributed by atoms with Gasteiger partial charge < -0.3 is 14.9 Å². The molecule has 0 aromatic heterocycles. The Morgan fingerprint density at radius 3 is 2.45 bits per heavy atom. The lowest BCUT2D eigenvalue weighted by Gasteiger charge is -2.11. The first kappa shape index (κ1) is 15.9. The maximum atomic E-state index is 11.0. The molecule has 2 N–H and O–H groups in total. The van der Waals surface area contributed by atoms with Gasteiger partial charge in [0.15, 0.2) is 0 Å². The van der Waals surface area contributed by atoms with Crippen molar-refractivity contribution in [2.75, 3.05) is 0 Å². The van der Waals surface area contributed by atoms with Gasteiger partial charge in [-0.2, -0.15) is 0 Å². The van der Waals surface area contributed by atoms with E-state index in [1.54, 1.807) is 6.07 Å². The standard InChI is InChI=1S/C18H20O4/c1-3-12(2)14-6-4-13(5-7-14)11-22-15-8-9-17(19)16(10-15)18(20)21/h4-10,12,19H,3,11H2,1-2H3,(H,20,21). The number of rotatable bonds is 6. The van der Waals surface area contributed by atoms with E-state index in [1.807, 2.05) is 12.1 Å². The van der Waals surface area contributed by atoms with Crippen LogP contribution in [0.4, 0.5) is 0 Å². The van der Waals surface area contributed by atoms with E-state index in [0.717, 1.165) is 12.0 Å². The molecule has 0 bridgehead atoms. The number of ether oxygens (including phenoxy) is 1. The van der Waals surface area contributed by atoms with E-state index in [0.29, 0.717) is 18.3 Å². The number of hydrogen-bond donors (Lipinski definition) is 2. The summed E-state index contributed by atoms with van der Waals surface area (Å²) in [5.41, 5.74) is 2.14. The number of benzene rings is 2. The van der Waals surface area contributed by atoms with Crippen molar-refractivity contribution in [1.82, 2.24) is 0 Å². The van der Waals surface area contributed by atoms with E-state index in [1.165, 1.54) is 17.7 Å². The van der Waals surface area contributed by atoms with Crippen LogP contribution in [0.2, 0.25) is 0 Å². The maximum absolute atomic E-state index is 11.0. The molecule has 4 heteroatoms. The summed E-state index contributed by atoms with van der Waals surface area (Å²) in [6, 6.07) is 12.4. The lowest BCUT2D eigenvalue weighted by atomic mass is 9.98. The summed E-state index contributed by atoms with van der Waals surface area (Å²) in [6.45, 7) is 4.70. The highest BCUT2D eigenvalue weighted by atomic mass is 16.5. The monoisotopic (exact) mass is 300 g/mol. The molecule has 22 heavy (non-hydrogen) atoms. The van der Waals surface area contributed by atoms with Gasteiger partial charge in [-0.25, -0.2) is 4.79 Å². The predicted octanol–water partition coefficient (Wildman–Crippen LogP) is 4.18. The molecule has 0 amide bonds. The molecule has 116 valence electrons. The van der Waals surface area contributed by atoms with Gasteiger partial charge in [0.1, 0.15) is 23.7 Å². The van der Waals surface area contributed by atoms with E-state index < -0.39 is 5.97 Å². The van der Waals surface area contributed by atoms with Crippen LogP contribution in [0.5, 0.6) is 11.5 Å². The van der Waals surface area contributed by atoms with Gasteiger partial charge in [0.2, 0.25) is 0 Å². The molecule has 0 aliphatic rings. The van der Waals surface area contributed by atoms with Crippen LogP contribution in [-0.2, 0) is 6.61 Å². The van der Waals surface area contributed by atoms with Gasteiger partial charge >= 0.3 is 5.97 Å². The Kier molecular flexibility index (Phi) is 5.04. The number of aromatic hydroxyl groups is 1. The van der Waals surface area contributed by atoms with Crippen molar-refractivity contribution < 1.29 is 19.7 Å². The zero-order valence-corrected chi connectivity index (χ0v) is 12.7. The highest BCUT2D eigenvalue weighted by Crippen LogP contribution is 2.24. The highest BCUT2D eigenvalue weighted by Gasteiger charge is 2.11. The van der Waals surface area contributed by atoms with Crippen molar-refractivity contribution >= 4 is 5.97 Å². The molecule has 0 saturated heterocycles. The van der Waals surface area contributed by atoms with Crippen molar-refractivity contribution in [3.8, 4) is 11.5 Å². The van der Waals surface area contributed by atoms with Gasteiger partial charge in [0.05, 0.1) is 0 Å². The van der Waals surface area contributed by atoms with Crippen molar-refractivity contribution in [1.29, 1.82) is 0 Å². The van der Waals surface area contributed by atoms with Crippen LogP contribution in [0.15, 0.2) is 42.5 Å². The van der Waals surface area contributed by atoms with Crippen LogP contribution in [-0.4, -0.2) is 16.2 Å². The number of carboxylic acid groups (broad SMARTS) is 1. The summed E-state index contributed by atoms with van der Waals surface area (Å²) in [4.78, 5) is 11.0. The first-order chi connectivity index (χ1) is 10.5. The molecule has 0 aliphatic heterocycles. The third-order valence-electron chi connectivity index (χ3n) is 3.77. The summed E-state index contributed by atoms with van der Waals surface area (Å²) in [7, 11) is 0. The first-order valence-electron chi connectivity index (χ1n) is 7.29. The third kappa shape index (κ3) is 3.79. The molecule has 4 nitrogen and oxygen atoms in total. The lowest BCUT2D eigenvalue weighted by Crippen LogP contribution is -2.00. The molecule has 1 unspecified atom stereocenters. The Morgan fingerprint density at radius 1 is 1.18 bits per heavy atom. The summed E-state index contributed by atoms with van der Waals surface area (Å²) in [5.74, 6) is -0.495. The Morgan fingerprint density at radius 2 is 1.86 bits per heavy atom. The molecule has 0 radical (unpaired) electrons. The van der Waals surface area contributed by atoms with Crippen LogP contribution < -0.4 is 4.74 Å². The number of phenols is 1. The molecule has 2 aromatic carbocycles. The molecule has 0 heterocycles. The van der Waals surface area contributed by atoms with E-state index in [4.69, 9.17) is 9.84 Å². The van der Waals surface area contributed by atoms with Gasteiger partial charge in [-0.15, -0.1) is 0 Å². The van der Waals surface area contributed by atoms with E-state index in [9.17, 15) is 9.90 Å². The molecule has 1 atom stereocenters. The second kappa shape index (κ2) is 6.98. The van der Waals surface area contributed by atoms with Crippen molar-refractivity contribution in [2.24, 2.45) is 0 Å². The quantitative estimate of drug-likeness (QED) is 0.839. The number of carbonyl (C=O) groups is 1. The second-order valence-electron chi connectivity index (χ2n) is 5.32. The SMILES string of the molecule is CCC(C)c1ccc(COc2ccc(O)c(C(=O)O)c2)cc1. The zero-order valence-electron chi connectivity index (χ0n) is 12.7. The van der Waals surface area contributed by atoms with Crippen LogP contribution in [0.1, 0.15) is 47.7 Å². The highest BCUT2D eigenvalue weighted by molar-refractivity contribution is 5.91. The summed E-state index contributed by atoms with van der Waals surface area (Å²) >= 11 is 0. The van der Waals surface area contributed by atoms with E-state index in [2.05, 4.69) is 26.0 Å². The van der Waals surface area contributed by atoms with Gasteiger partial charge in [-0.1, -0.05) is 38.1 Å². The average molecular weight is 300 g/mol. The molecule has 0 saturated carbocycles. The lowest BCUT2D eigenvalue weighted by molar-refractivity contribution is 0.0693. The first-order valence-corrected chi connectivity index (χ1v) is 7.29. The Hall–Kier alpha value is -2.49. The molecule has 0 aliphatic carbocycles. The minimum absolute atomic E-state index is 0.162. The molecular weight excluding hydrogens is 280 g/mol. The average Bonchev–Trinajstić information content (AvgIpc) is 2.53. The Balaban J connectivity index is 2.04. The minimum atomic E-state index is -1.18. The molecular formula is C18H20O4. The summed E-state index contributed by atoms with van der Waals surface area (Å²) in [5, 5.41) is 18.4. The van der Waals surface area contributed by atoms with E-state index >= 15 is 0 Å². The van der Waals surface area contributed by atoms with Gasteiger partial charge in [0, 0.05) is 0 Å². The second-order valence-corrected chi connectivity index (χ2v) is 5.32. The fourth-order valence-electron chi connectivity index (χ4n) is 2.12. The molecule has 2 aromatic rings. The van der Waals surface area contributed by atoms with Gasteiger partial charge in [-0.05, 0) is 41.7 Å². The number of aromatic carboxylic acids is 1. The molecule has 2 rings (SSSR count). The predicted molar refractivity (Wildman–Crippen MR) is 84.5 cm³/mol. The summed E-state index contributed by atoms with van der Waals surface area (Å²) in [6.07, 6.45) is 1.10. The molecule has 0 fully saturated rings. The number of hydrogen-bond acceptors (Lipinski definition) is 3. The Bertz CT molecular complexity index is 647. The topological polar surface area (TPSA) is 66.8 Å². The van der Waals surface area contributed by atoms with E-state index in [-0.39, 0.29) is 11.3 Å². The normalized spacial score (nSPS) is 11.9. The van der Waals surface area contributed by atoms with Crippen LogP contribution >= 0.6 is 0 Å². The summed E-state index contributed by atoms with van der Waals surface area (Å²) < 4.78 is 5.59. The fraction of sp³-hybridized carbons (Fsp3) is 0.278. The van der Waals surface area contributed by atoms with Crippen LogP contribution in [0.3, 0.4) is 0 Å². The van der Waals surface area contributed by atoms with Gasteiger partial charge in [-0.3, -0.25) is 0 Å². The van der Waals surface area contributed by atoms with Crippen LogP contribution in [0.25, 0.3) is 0 Å². The van der Waals surface area contributed by atoms with Gasteiger partial charge in [0.25, 0.3) is 0 Å². The zero-order chi connectivity index (χ0) is 16.1. The Labute approximate surface area is 130 Å². The van der Waals surface area contributed by atoms with Crippen molar-refractivity contribution in [3.63, 3.8) is 0 Å². The fourth-order valence-corrected chi connectivity index (χ4v) is 2.12. The minimum Gasteiger partial charge on any atom is -0.507 e. The van der Waals surface area contributed by atoms with Crippen molar-refractivity contribution in [2.45, 2.75) is 32.8 Å². The smallest absolute Gasteiger partial charge is 0.339 e. The molecule has 0 spiro atoms. The third-order valence-corrected chi connectivity index (χ3v) is 3.77.